The topological polar surface area (TPSA) is 49.3 Å². The molecular formula is C14H15NO2S2. The first kappa shape index (κ1) is 14.0. The third kappa shape index (κ3) is 4.29. The zero-order valence-corrected chi connectivity index (χ0v) is 12.2. The summed E-state index contributed by atoms with van der Waals surface area (Å²) < 4.78 is 0. The molecule has 0 saturated carbocycles. The van der Waals surface area contributed by atoms with Crippen LogP contribution in [0.3, 0.4) is 0 Å². The maximum atomic E-state index is 10.6. The molecule has 0 unspecified atom stereocenters. The summed E-state index contributed by atoms with van der Waals surface area (Å²) in [5, 5.41) is 12.1. The van der Waals surface area contributed by atoms with Crippen LogP contribution in [0.15, 0.2) is 41.3 Å². The summed E-state index contributed by atoms with van der Waals surface area (Å²) in [5.74, 6) is -0.783. The lowest BCUT2D eigenvalue weighted by Crippen LogP contribution is -1.98. The summed E-state index contributed by atoms with van der Waals surface area (Å²) in [6.07, 6.45) is 2.16. The van der Waals surface area contributed by atoms with Crippen LogP contribution in [0.4, 0.5) is 5.69 Å². The van der Waals surface area contributed by atoms with Gasteiger partial charge < -0.3 is 10.4 Å². The molecule has 0 saturated heterocycles. The maximum absolute atomic E-state index is 10.6. The van der Waals surface area contributed by atoms with Crippen molar-refractivity contribution < 1.29 is 9.90 Å². The lowest BCUT2D eigenvalue weighted by molar-refractivity contribution is -0.136. The molecule has 0 spiro atoms. The Morgan fingerprint density at radius 2 is 1.89 bits per heavy atom. The first-order valence-corrected chi connectivity index (χ1v) is 7.89. The lowest BCUT2D eigenvalue weighted by atomic mass is 10.3. The molecule has 2 rings (SSSR count). The summed E-state index contributed by atoms with van der Waals surface area (Å²) in [5.41, 5.74) is 1.07. The van der Waals surface area contributed by atoms with Crippen LogP contribution in [0.1, 0.15) is 9.75 Å². The number of nitrogens with one attached hydrogen (secondary N) is 1. The summed E-state index contributed by atoms with van der Waals surface area (Å²) in [6, 6.07) is 12.1. The third-order valence-electron chi connectivity index (χ3n) is 2.60. The highest BCUT2D eigenvalue weighted by Gasteiger charge is 2.04. The van der Waals surface area contributed by atoms with E-state index >= 15 is 0 Å². The van der Waals surface area contributed by atoms with E-state index < -0.39 is 5.97 Å². The van der Waals surface area contributed by atoms with E-state index in [-0.39, 0.29) is 6.42 Å². The van der Waals surface area contributed by atoms with Crippen molar-refractivity contribution in [3.63, 3.8) is 0 Å². The molecule has 0 aliphatic rings. The monoisotopic (exact) mass is 293 g/mol. The number of carboxylic acids is 1. The van der Waals surface area contributed by atoms with Gasteiger partial charge in [-0.25, -0.2) is 0 Å². The van der Waals surface area contributed by atoms with Crippen LogP contribution in [0.2, 0.25) is 0 Å². The van der Waals surface area contributed by atoms with Crippen LogP contribution in [-0.2, 0) is 17.8 Å². The second-order valence-electron chi connectivity index (χ2n) is 4.02. The molecule has 2 aromatic rings. The molecule has 2 N–H and O–H groups in total. The van der Waals surface area contributed by atoms with Gasteiger partial charge in [0.2, 0.25) is 0 Å². The van der Waals surface area contributed by atoms with Crippen molar-refractivity contribution in [2.75, 3.05) is 11.6 Å². The van der Waals surface area contributed by atoms with E-state index in [1.807, 2.05) is 12.1 Å². The van der Waals surface area contributed by atoms with Crippen molar-refractivity contribution >= 4 is 34.8 Å². The number of benzene rings is 1. The summed E-state index contributed by atoms with van der Waals surface area (Å²) in [7, 11) is 0. The second kappa shape index (κ2) is 6.63. The molecule has 1 aromatic carbocycles. The Labute approximate surface area is 120 Å². The van der Waals surface area contributed by atoms with E-state index in [1.54, 1.807) is 23.1 Å². The van der Waals surface area contributed by atoms with Gasteiger partial charge in [0, 0.05) is 26.9 Å². The van der Waals surface area contributed by atoms with Crippen molar-refractivity contribution in [1.29, 1.82) is 0 Å². The first-order chi connectivity index (χ1) is 9.17. The van der Waals surface area contributed by atoms with E-state index in [4.69, 9.17) is 5.11 Å². The molecule has 1 aromatic heterocycles. The third-order valence-corrected chi connectivity index (χ3v) is 4.43. The van der Waals surface area contributed by atoms with Gasteiger partial charge in [-0.1, -0.05) is 0 Å². The highest BCUT2D eigenvalue weighted by atomic mass is 32.2. The van der Waals surface area contributed by atoms with Crippen molar-refractivity contribution in [2.45, 2.75) is 17.9 Å². The van der Waals surface area contributed by atoms with Crippen LogP contribution >= 0.6 is 23.1 Å². The fourth-order valence-electron chi connectivity index (χ4n) is 1.66. The number of thioether (sulfide) groups is 1. The largest absolute Gasteiger partial charge is 0.481 e. The Kier molecular flexibility index (Phi) is 4.87. The minimum absolute atomic E-state index is 0.104. The molecule has 0 bridgehead atoms. The van der Waals surface area contributed by atoms with Crippen LogP contribution in [-0.4, -0.2) is 17.3 Å². The summed E-state index contributed by atoms with van der Waals surface area (Å²) in [6.45, 7) is 0.725. The Morgan fingerprint density at radius 3 is 2.53 bits per heavy atom. The van der Waals surface area contributed by atoms with Crippen LogP contribution in [0.25, 0.3) is 0 Å². The second-order valence-corrected chi connectivity index (χ2v) is 6.15. The van der Waals surface area contributed by atoms with Gasteiger partial charge in [-0.2, -0.15) is 0 Å². The molecule has 0 fully saturated rings. The zero-order valence-electron chi connectivity index (χ0n) is 10.6. The molecule has 19 heavy (non-hydrogen) atoms. The molecule has 1 heterocycles. The van der Waals surface area contributed by atoms with E-state index in [1.165, 1.54) is 4.90 Å². The number of carboxylic acid groups (broad SMARTS) is 1. The van der Waals surface area contributed by atoms with E-state index in [9.17, 15) is 4.79 Å². The van der Waals surface area contributed by atoms with E-state index in [2.05, 4.69) is 35.8 Å². The molecule has 0 amide bonds. The average molecular weight is 293 g/mol. The van der Waals surface area contributed by atoms with Crippen LogP contribution < -0.4 is 5.32 Å². The van der Waals surface area contributed by atoms with Gasteiger partial charge in [0.25, 0.3) is 0 Å². The van der Waals surface area contributed by atoms with Gasteiger partial charge in [0.05, 0.1) is 6.42 Å². The maximum Gasteiger partial charge on any atom is 0.308 e. The number of hydrogen-bond donors (Lipinski definition) is 2. The highest BCUT2D eigenvalue weighted by Crippen LogP contribution is 2.20. The number of anilines is 1. The highest BCUT2D eigenvalue weighted by molar-refractivity contribution is 7.98. The SMILES string of the molecule is CSc1ccc(NCc2ccc(CC(=O)O)s2)cc1. The number of aliphatic carboxylic acids is 1. The van der Waals surface area contributed by atoms with Crippen molar-refractivity contribution in [3.05, 3.63) is 46.2 Å². The molecule has 0 atom stereocenters. The zero-order chi connectivity index (χ0) is 13.7. The van der Waals surface area contributed by atoms with Crippen LogP contribution in [0, 0.1) is 0 Å². The van der Waals surface area contributed by atoms with Crippen molar-refractivity contribution in [2.24, 2.45) is 0 Å². The Bertz CT molecular complexity index is 549. The summed E-state index contributed by atoms with van der Waals surface area (Å²) in [4.78, 5) is 13.9. The number of hydrogen-bond acceptors (Lipinski definition) is 4. The Hall–Kier alpha value is -1.46. The molecule has 100 valence electrons. The predicted molar refractivity (Wildman–Crippen MR) is 81.2 cm³/mol. The minimum atomic E-state index is -0.783. The molecule has 0 radical (unpaired) electrons. The number of carbonyl (C=O) groups is 1. The van der Waals surface area contributed by atoms with Crippen molar-refractivity contribution in [3.8, 4) is 0 Å². The fraction of sp³-hybridized carbons (Fsp3) is 0.214. The predicted octanol–water partition coefficient (Wildman–Crippen LogP) is 3.71. The van der Waals surface area contributed by atoms with E-state index in [0.29, 0.717) is 0 Å². The smallest absolute Gasteiger partial charge is 0.308 e. The normalized spacial score (nSPS) is 10.4. The van der Waals surface area contributed by atoms with Gasteiger partial charge in [0.15, 0.2) is 0 Å². The number of thiophene rings is 1. The molecule has 3 nitrogen and oxygen atoms in total. The van der Waals surface area contributed by atoms with Crippen molar-refractivity contribution in [1.82, 2.24) is 0 Å². The van der Waals surface area contributed by atoms with Gasteiger partial charge in [-0.15, -0.1) is 23.1 Å². The standard InChI is InChI=1S/C14H15NO2S2/c1-18-11-4-2-10(3-5-11)15-9-13-7-6-12(19-13)8-14(16)17/h2-7,15H,8-9H2,1H3,(H,16,17). The molecule has 5 heteroatoms. The minimum Gasteiger partial charge on any atom is -0.481 e. The quantitative estimate of drug-likeness (QED) is 0.797. The van der Waals surface area contributed by atoms with Crippen LogP contribution in [0.5, 0.6) is 0 Å². The van der Waals surface area contributed by atoms with Gasteiger partial charge in [-0.3, -0.25) is 4.79 Å². The van der Waals surface area contributed by atoms with E-state index in [0.717, 1.165) is 22.0 Å². The molecule has 0 aliphatic carbocycles. The Balaban J connectivity index is 1.90. The Morgan fingerprint density at radius 1 is 1.21 bits per heavy atom. The molecular weight excluding hydrogens is 278 g/mol. The lowest BCUT2D eigenvalue weighted by Gasteiger charge is -2.05. The van der Waals surface area contributed by atoms with Gasteiger partial charge in [-0.05, 0) is 42.7 Å². The van der Waals surface area contributed by atoms with Gasteiger partial charge in [0.1, 0.15) is 0 Å². The molecule has 0 aliphatic heterocycles. The fourth-order valence-corrected chi connectivity index (χ4v) is 3.02. The average Bonchev–Trinajstić information content (AvgIpc) is 2.84. The first-order valence-electron chi connectivity index (χ1n) is 5.84. The van der Waals surface area contributed by atoms with Gasteiger partial charge >= 0.3 is 5.97 Å². The summed E-state index contributed by atoms with van der Waals surface area (Å²) >= 11 is 3.26. The number of rotatable bonds is 6.